The number of fused-ring (bicyclic) bond motifs is 1. The molecule has 2 aromatic heterocycles. The SMILES string of the molecule is CCCCC1CCC(c2nnc3c(Cl)nccn23)CC1. The van der Waals surface area contributed by atoms with Gasteiger partial charge in [0.25, 0.3) is 0 Å². The van der Waals surface area contributed by atoms with Crippen LogP contribution in [0.15, 0.2) is 12.4 Å². The van der Waals surface area contributed by atoms with Crippen LogP contribution < -0.4 is 0 Å². The van der Waals surface area contributed by atoms with Crippen LogP contribution >= 0.6 is 11.6 Å². The van der Waals surface area contributed by atoms with Gasteiger partial charge in [0, 0.05) is 18.3 Å². The fourth-order valence-corrected chi connectivity index (χ4v) is 3.48. The van der Waals surface area contributed by atoms with Crippen molar-refractivity contribution >= 4 is 17.2 Å². The number of halogens is 1. The molecular formula is C15H21ClN4. The molecule has 1 fully saturated rings. The summed E-state index contributed by atoms with van der Waals surface area (Å²) in [5.74, 6) is 2.48. The van der Waals surface area contributed by atoms with Crippen molar-refractivity contribution in [3.05, 3.63) is 23.4 Å². The Hall–Kier alpha value is -1.16. The van der Waals surface area contributed by atoms with Crippen LogP contribution in [-0.2, 0) is 0 Å². The highest BCUT2D eigenvalue weighted by molar-refractivity contribution is 6.32. The van der Waals surface area contributed by atoms with E-state index in [0.29, 0.717) is 16.7 Å². The third-order valence-corrected chi connectivity index (χ3v) is 4.75. The first kappa shape index (κ1) is 13.8. The molecule has 1 aliphatic carbocycles. The molecule has 1 aliphatic rings. The van der Waals surface area contributed by atoms with E-state index >= 15 is 0 Å². The van der Waals surface area contributed by atoms with Crippen molar-refractivity contribution in [1.29, 1.82) is 0 Å². The Bertz CT molecular complexity index is 572. The smallest absolute Gasteiger partial charge is 0.198 e. The molecule has 3 rings (SSSR count). The molecule has 0 bridgehead atoms. The lowest BCUT2D eigenvalue weighted by molar-refractivity contribution is 0.298. The first-order chi connectivity index (χ1) is 9.79. The number of aromatic nitrogens is 4. The second-order valence-corrected chi connectivity index (χ2v) is 6.19. The molecule has 0 spiro atoms. The minimum atomic E-state index is 0.433. The monoisotopic (exact) mass is 292 g/mol. The maximum atomic E-state index is 6.06. The molecule has 2 aromatic rings. The molecular weight excluding hydrogens is 272 g/mol. The first-order valence-electron chi connectivity index (χ1n) is 7.64. The standard InChI is InChI=1S/C15H21ClN4/c1-2-3-4-11-5-7-12(8-6-11)14-18-19-15-13(16)17-9-10-20(14)15/h9-12H,2-8H2,1H3. The lowest BCUT2D eigenvalue weighted by Gasteiger charge is -2.27. The molecule has 0 atom stereocenters. The van der Waals surface area contributed by atoms with Crippen LogP contribution in [0.2, 0.25) is 5.15 Å². The molecule has 0 aliphatic heterocycles. The summed E-state index contributed by atoms with van der Waals surface area (Å²) in [7, 11) is 0. The molecule has 4 nitrogen and oxygen atoms in total. The van der Waals surface area contributed by atoms with E-state index in [1.165, 1.54) is 44.9 Å². The molecule has 0 N–H and O–H groups in total. The molecule has 2 heterocycles. The highest BCUT2D eigenvalue weighted by atomic mass is 35.5. The summed E-state index contributed by atoms with van der Waals surface area (Å²) in [6, 6.07) is 0. The Kier molecular flexibility index (Phi) is 4.20. The second-order valence-electron chi connectivity index (χ2n) is 5.83. The Morgan fingerprint density at radius 2 is 2.05 bits per heavy atom. The Labute approximate surface area is 124 Å². The Morgan fingerprint density at radius 1 is 1.25 bits per heavy atom. The van der Waals surface area contributed by atoms with E-state index in [2.05, 4.69) is 22.1 Å². The Balaban J connectivity index is 1.72. The molecule has 0 amide bonds. The zero-order valence-electron chi connectivity index (χ0n) is 11.9. The minimum absolute atomic E-state index is 0.433. The largest absolute Gasteiger partial charge is 0.282 e. The number of rotatable bonds is 4. The summed E-state index contributed by atoms with van der Waals surface area (Å²) < 4.78 is 2.01. The molecule has 0 radical (unpaired) electrons. The maximum Gasteiger partial charge on any atom is 0.198 e. The van der Waals surface area contributed by atoms with Crippen molar-refractivity contribution < 1.29 is 0 Å². The average Bonchev–Trinajstić information content (AvgIpc) is 2.91. The van der Waals surface area contributed by atoms with Crippen LogP contribution in [0.5, 0.6) is 0 Å². The van der Waals surface area contributed by atoms with Crippen molar-refractivity contribution in [3.63, 3.8) is 0 Å². The van der Waals surface area contributed by atoms with Gasteiger partial charge in [-0.05, 0) is 31.6 Å². The first-order valence-corrected chi connectivity index (χ1v) is 8.02. The predicted octanol–water partition coefficient (Wildman–Crippen LogP) is 4.24. The molecule has 1 saturated carbocycles. The highest BCUT2D eigenvalue weighted by Gasteiger charge is 2.25. The summed E-state index contributed by atoms with van der Waals surface area (Å²) >= 11 is 6.06. The van der Waals surface area contributed by atoms with Crippen LogP contribution in [0.1, 0.15) is 63.6 Å². The van der Waals surface area contributed by atoms with E-state index in [4.69, 9.17) is 11.6 Å². The van der Waals surface area contributed by atoms with Gasteiger partial charge in [0.05, 0.1) is 0 Å². The lowest BCUT2D eigenvalue weighted by Crippen LogP contribution is -2.15. The van der Waals surface area contributed by atoms with E-state index in [1.807, 2.05) is 10.6 Å². The van der Waals surface area contributed by atoms with Gasteiger partial charge in [-0.25, -0.2) is 4.98 Å². The topological polar surface area (TPSA) is 43.1 Å². The van der Waals surface area contributed by atoms with Crippen LogP contribution in [-0.4, -0.2) is 19.6 Å². The fraction of sp³-hybridized carbons (Fsp3) is 0.667. The van der Waals surface area contributed by atoms with Gasteiger partial charge in [0.15, 0.2) is 10.8 Å². The summed E-state index contributed by atoms with van der Waals surface area (Å²) in [4.78, 5) is 4.05. The quantitative estimate of drug-likeness (QED) is 0.846. The molecule has 5 heteroatoms. The van der Waals surface area contributed by atoms with Gasteiger partial charge in [-0.1, -0.05) is 37.8 Å². The number of hydrogen-bond acceptors (Lipinski definition) is 3. The summed E-state index contributed by atoms with van der Waals surface area (Å²) in [5, 5.41) is 8.97. The van der Waals surface area contributed by atoms with E-state index in [9.17, 15) is 0 Å². The predicted molar refractivity (Wildman–Crippen MR) is 80.0 cm³/mol. The third kappa shape index (κ3) is 2.66. The van der Waals surface area contributed by atoms with Crippen LogP contribution in [0.25, 0.3) is 5.65 Å². The molecule has 0 aromatic carbocycles. The van der Waals surface area contributed by atoms with Gasteiger partial charge >= 0.3 is 0 Å². The number of unbranched alkanes of at least 4 members (excludes halogenated alkanes) is 1. The average molecular weight is 293 g/mol. The van der Waals surface area contributed by atoms with Crippen LogP contribution in [0.4, 0.5) is 0 Å². The van der Waals surface area contributed by atoms with Crippen molar-refractivity contribution in [2.75, 3.05) is 0 Å². The fourth-order valence-electron chi connectivity index (χ4n) is 3.29. The van der Waals surface area contributed by atoms with Crippen molar-refractivity contribution in [2.45, 2.75) is 57.8 Å². The van der Waals surface area contributed by atoms with Crippen LogP contribution in [0.3, 0.4) is 0 Å². The second kappa shape index (κ2) is 6.08. The van der Waals surface area contributed by atoms with Crippen molar-refractivity contribution in [1.82, 2.24) is 19.6 Å². The van der Waals surface area contributed by atoms with Crippen molar-refractivity contribution in [3.8, 4) is 0 Å². The normalized spacial score (nSPS) is 23.3. The van der Waals surface area contributed by atoms with Gasteiger partial charge in [0.1, 0.15) is 5.82 Å². The maximum absolute atomic E-state index is 6.06. The van der Waals surface area contributed by atoms with Gasteiger partial charge in [-0.2, -0.15) is 0 Å². The van der Waals surface area contributed by atoms with Gasteiger partial charge < -0.3 is 0 Å². The lowest BCUT2D eigenvalue weighted by atomic mass is 9.79. The van der Waals surface area contributed by atoms with Gasteiger partial charge in [-0.3, -0.25) is 4.40 Å². The molecule has 0 unspecified atom stereocenters. The summed E-state index contributed by atoms with van der Waals surface area (Å²) in [6.07, 6.45) is 12.8. The van der Waals surface area contributed by atoms with Crippen molar-refractivity contribution in [2.24, 2.45) is 5.92 Å². The van der Waals surface area contributed by atoms with E-state index in [0.717, 1.165) is 11.7 Å². The van der Waals surface area contributed by atoms with Gasteiger partial charge in [0.2, 0.25) is 0 Å². The minimum Gasteiger partial charge on any atom is -0.282 e. The zero-order chi connectivity index (χ0) is 13.9. The number of hydrogen-bond donors (Lipinski definition) is 0. The van der Waals surface area contributed by atoms with E-state index < -0.39 is 0 Å². The summed E-state index contributed by atoms with van der Waals surface area (Å²) in [6.45, 7) is 2.27. The molecule has 108 valence electrons. The third-order valence-electron chi connectivity index (χ3n) is 4.49. The van der Waals surface area contributed by atoms with E-state index in [-0.39, 0.29) is 0 Å². The zero-order valence-corrected chi connectivity index (χ0v) is 12.7. The highest BCUT2D eigenvalue weighted by Crippen LogP contribution is 2.37. The Morgan fingerprint density at radius 3 is 2.80 bits per heavy atom. The van der Waals surface area contributed by atoms with Crippen LogP contribution in [0, 0.1) is 5.92 Å². The summed E-state index contributed by atoms with van der Waals surface area (Å²) in [5.41, 5.74) is 0.678. The molecule has 20 heavy (non-hydrogen) atoms. The van der Waals surface area contributed by atoms with E-state index in [1.54, 1.807) is 6.20 Å². The molecule has 0 saturated heterocycles. The van der Waals surface area contributed by atoms with Gasteiger partial charge in [-0.15, -0.1) is 10.2 Å². The number of nitrogens with zero attached hydrogens (tertiary/aromatic N) is 4.